The van der Waals surface area contributed by atoms with Crippen LogP contribution >= 0.6 is 0 Å². The van der Waals surface area contributed by atoms with E-state index in [4.69, 9.17) is 4.74 Å². The summed E-state index contributed by atoms with van der Waals surface area (Å²) in [4.78, 5) is 27.4. The number of benzene rings is 3. The van der Waals surface area contributed by atoms with E-state index < -0.39 is 0 Å². The van der Waals surface area contributed by atoms with Gasteiger partial charge in [-0.25, -0.2) is 0 Å². The van der Waals surface area contributed by atoms with Crippen LogP contribution < -0.4 is 15.0 Å². The first kappa shape index (κ1) is 25.0. The molecule has 0 aliphatic carbocycles. The van der Waals surface area contributed by atoms with E-state index in [-0.39, 0.29) is 24.2 Å². The summed E-state index contributed by atoms with van der Waals surface area (Å²) in [6.45, 7) is 5.17. The lowest BCUT2D eigenvalue weighted by Crippen LogP contribution is -2.31. The molecule has 3 rings (SSSR count). The summed E-state index contributed by atoms with van der Waals surface area (Å²) in [6, 6.07) is 25.6. The topological polar surface area (TPSA) is 58.6 Å². The lowest BCUT2D eigenvalue weighted by atomic mass is 10.1. The molecule has 0 radical (unpaired) electrons. The van der Waals surface area contributed by atoms with Crippen molar-refractivity contribution in [3.05, 3.63) is 95.6 Å². The highest BCUT2D eigenvalue weighted by atomic mass is 16.5. The predicted molar refractivity (Wildman–Crippen MR) is 137 cm³/mol. The van der Waals surface area contributed by atoms with E-state index in [1.54, 1.807) is 7.11 Å². The number of carbonyl (C=O) groups excluding carboxylic acids is 2. The van der Waals surface area contributed by atoms with E-state index in [0.29, 0.717) is 19.5 Å². The third kappa shape index (κ3) is 7.77. The summed E-state index contributed by atoms with van der Waals surface area (Å²) in [7, 11) is 1.64. The Balaban J connectivity index is 1.63. The molecule has 0 aliphatic rings. The fourth-order valence-electron chi connectivity index (χ4n) is 3.77. The molecule has 0 aromatic heterocycles. The van der Waals surface area contributed by atoms with Gasteiger partial charge in [0.2, 0.25) is 11.8 Å². The zero-order valence-corrected chi connectivity index (χ0v) is 20.3. The summed E-state index contributed by atoms with van der Waals surface area (Å²) in [6.07, 6.45) is 1.50. The molecule has 0 unspecified atom stereocenters. The molecule has 34 heavy (non-hydrogen) atoms. The van der Waals surface area contributed by atoms with Crippen LogP contribution in [-0.4, -0.2) is 25.5 Å². The van der Waals surface area contributed by atoms with E-state index in [2.05, 4.69) is 5.32 Å². The molecular formula is C29H34N2O3. The van der Waals surface area contributed by atoms with Crippen LogP contribution in [0.15, 0.2) is 78.9 Å². The fourth-order valence-corrected chi connectivity index (χ4v) is 3.77. The number of nitrogens with zero attached hydrogens (tertiary/aromatic N) is 1. The van der Waals surface area contributed by atoms with Gasteiger partial charge in [0.25, 0.3) is 0 Å². The van der Waals surface area contributed by atoms with Crippen molar-refractivity contribution in [1.29, 1.82) is 0 Å². The number of hydrogen-bond donors (Lipinski definition) is 1. The molecule has 0 heterocycles. The van der Waals surface area contributed by atoms with Crippen LogP contribution in [0, 0.1) is 5.92 Å². The number of anilines is 1. The third-order valence-electron chi connectivity index (χ3n) is 5.55. The van der Waals surface area contributed by atoms with Gasteiger partial charge >= 0.3 is 0 Å². The van der Waals surface area contributed by atoms with Crippen molar-refractivity contribution in [3.63, 3.8) is 0 Å². The Morgan fingerprint density at radius 2 is 1.59 bits per heavy atom. The van der Waals surface area contributed by atoms with Crippen molar-refractivity contribution < 1.29 is 14.3 Å². The van der Waals surface area contributed by atoms with E-state index >= 15 is 0 Å². The molecule has 178 valence electrons. The zero-order chi connectivity index (χ0) is 24.3. The Morgan fingerprint density at radius 3 is 2.26 bits per heavy atom. The molecule has 2 amide bonds. The summed E-state index contributed by atoms with van der Waals surface area (Å²) in [5.41, 5.74) is 3.91. The van der Waals surface area contributed by atoms with Crippen molar-refractivity contribution in [2.75, 3.05) is 18.6 Å². The monoisotopic (exact) mass is 458 g/mol. The maximum Gasteiger partial charge on any atom is 0.227 e. The van der Waals surface area contributed by atoms with E-state index in [0.717, 1.165) is 34.5 Å². The smallest absolute Gasteiger partial charge is 0.227 e. The van der Waals surface area contributed by atoms with Crippen LogP contribution in [-0.2, 0) is 29.0 Å². The van der Waals surface area contributed by atoms with Crippen LogP contribution in [0.4, 0.5) is 5.69 Å². The van der Waals surface area contributed by atoms with Crippen LogP contribution in [0.25, 0.3) is 0 Å². The third-order valence-corrected chi connectivity index (χ3v) is 5.55. The first-order valence-corrected chi connectivity index (χ1v) is 11.8. The van der Waals surface area contributed by atoms with Crippen molar-refractivity contribution >= 4 is 17.5 Å². The quantitative estimate of drug-likeness (QED) is 0.431. The van der Waals surface area contributed by atoms with Gasteiger partial charge in [-0.3, -0.25) is 9.59 Å². The summed E-state index contributed by atoms with van der Waals surface area (Å²) in [5.74, 6) is 1.14. The second-order valence-corrected chi connectivity index (χ2v) is 8.86. The standard InChI is InChI=1S/C29H34N2O3/c1-22(2)18-29(33)31(21-24-8-5-4-6-9-24)26-11-7-10-25(19-26)20-28(32)30-17-16-23-12-14-27(34-3)15-13-23/h4-15,19,22H,16-18,20-21H2,1-3H3,(H,30,32). The highest BCUT2D eigenvalue weighted by Gasteiger charge is 2.18. The molecule has 3 aromatic carbocycles. The summed E-state index contributed by atoms with van der Waals surface area (Å²) < 4.78 is 5.18. The Morgan fingerprint density at radius 1 is 0.882 bits per heavy atom. The van der Waals surface area contributed by atoms with Gasteiger partial charge in [-0.15, -0.1) is 0 Å². The molecule has 0 saturated carbocycles. The SMILES string of the molecule is COc1ccc(CCNC(=O)Cc2cccc(N(Cc3ccccc3)C(=O)CC(C)C)c2)cc1. The number of rotatable bonds is 11. The lowest BCUT2D eigenvalue weighted by molar-refractivity contribution is -0.120. The van der Waals surface area contributed by atoms with E-state index in [1.165, 1.54) is 0 Å². The first-order chi connectivity index (χ1) is 16.4. The predicted octanol–water partition coefficient (Wildman–Crippen LogP) is 5.18. The number of methoxy groups -OCH3 is 1. The molecule has 5 heteroatoms. The fraction of sp³-hybridized carbons (Fsp3) is 0.310. The van der Waals surface area contributed by atoms with Gasteiger partial charge in [0.1, 0.15) is 5.75 Å². The molecule has 3 aromatic rings. The van der Waals surface area contributed by atoms with Crippen molar-refractivity contribution in [2.45, 2.75) is 39.7 Å². The summed E-state index contributed by atoms with van der Waals surface area (Å²) >= 11 is 0. The average Bonchev–Trinajstić information content (AvgIpc) is 2.83. The normalized spacial score (nSPS) is 10.7. The van der Waals surface area contributed by atoms with Gasteiger partial charge in [-0.2, -0.15) is 0 Å². The van der Waals surface area contributed by atoms with Crippen molar-refractivity contribution in [1.82, 2.24) is 5.32 Å². The highest BCUT2D eigenvalue weighted by Crippen LogP contribution is 2.22. The number of carbonyl (C=O) groups is 2. The van der Waals surface area contributed by atoms with Crippen LogP contribution in [0.5, 0.6) is 5.75 Å². The number of hydrogen-bond acceptors (Lipinski definition) is 3. The minimum absolute atomic E-state index is 0.0335. The molecule has 0 bridgehead atoms. The van der Waals surface area contributed by atoms with Crippen LogP contribution in [0.1, 0.15) is 37.0 Å². The molecule has 0 atom stereocenters. The Labute approximate surface area is 202 Å². The van der Waals surface area contributed by atoms with Gasteiger partial charge in [-0.05, 0) is 53.3 Å². The molecule has 0 spiro atoms. The summed E-state index contributed by atoms with van der Waals surface area (Å²) in [5, 5.41) is 2.99. The van der Waals surface area contributed by atoms with Gasteiger partial charge < -0.3 is 15.0 Å². The highest BCUT2D eigenvalue weighted by molar-refractivity contribution is 5.93. The van der Waals surface area contributed by atoms with Crippen LogP contribution in [0.2, 0.25) is 0 Å². The zero-order valence-electron chi connectivity index (χ0n) is 20.3. The maximum atomic E-state index is 13.0. The van der Waals surface area contributed by atoms with Gasteiger partial charge in [0, 0.05) is 18.7 Å². The Kier molecular flexibility index (Phi) is 9.27. The average molecular weight is 459 g/mol. The van der Waals surface area contributed by atoms with E-state index in [1.807, 2.05) is 97.6 Å². The second-order valence-electron chi connectivity index (χ2n) is 8.86. The lowest BCUT2D eigenvalue weighted by Gasteiger charge is -2.24. The van der Waals surface area contributed by atoms with Gasteiger partial charge in [0.05, 0.1) is 20.1 Å². The number of amides is 2. The number of ether oxygens (including phenoxy) is 1. The largest absolute Gasteiger partial charge is 0.497 e. The van der Waals surface area contributed by atoms with Gasteiger partial charge in [-0.1, -0.05) is 68.4 Å². The van der Waals surface area contributed by atoms with Crippen molar-refractivity contribution in [2.24, 2.45) is 5.92 Å². The molecule has 0 aliphatic heterocycles. The van der Waals surface area contributed by atoms with Crippen LogP contribution in [0.3, 0.4) is 0 Å². The van der Waals surface area contributed by atoms with Crippen molar-refractivity contribution in [3.8, 4) is 5.75 Å². The molecular weight excluding hydrogens is 424 g/mol. The minimum Gasteiger partial charge on any atom is -0.497 e. The number of nitrogens with one attached hydrogen (secondary N) is 1. The van der Waals surface area contributed by atoms with Gasteiger partial charge in [0.15, 0.2) is 0 Å². The Bertz CT molecular complexity index is 1060. The maximum absolute atomic E-state index is 13.0. The minimum atomic E-state index is -0.0335. The molecule has 0 fully saturated rings. The molecule has 5 nitrogen and oxygen atoms in total. The molecule has 1 N–H and O–H groups in total. The van der Waals surface area contributed by atoms with E-state index in [9.17, 15) is 9.59 Å². The Hall–Kier alpha value is -3.60. The first-order valence-electron chi connectivity index (χ1n) is 11.8. The molecule has 0 saturated heterocycles. The second kappa shape index (κ2) is 12.6.